The SMILES string of the molecule is CC1(NS(=O)(=O)Cl)CC1. The summed E-state index contributed by atoms with van der Waals surface area (Å²) in [4.78, 5) is 0. The van der Waals surface area contributed by atoms with E-state index in [0.717, 1.165) is 12.8 Å². The van der Waals surface area contributed by atoms with E-state index in [1.165, 1.54) is 0 Å². The Kier molecular flexibility index (Phi) is 1.49. The lowest BCUT2D eigenvalue weighted by atomic mass is 10.4. The van der Waals surface area contributed by atoms with E-state index in [4.69, 9.17) is 10.7 Å². The van der Waals surface area contributed by atoms with Gasteiger partial charge >= 0.3 is 0 Å². The van der Waals surface area contributed by atoms with Gasteiger partial charge < -0.3 is 0 Å². The molecule has 5 heteroatoms. The van der Waals surface area contributed by atoms with E-state index in [1.807, 2.05) is 6.92 Å². The maximum absolute atomic E-state index is 10.3. The Morgan fingerprint density at radius 1 is 1.56 bits per heavy atom. The zero-order chi connectivity index (χ0) is 7.12. The van der Waals surface area contributed by atoms with E-state index in [9.17, 15) is 8.42 Å². The van der Waals surface area contributed by atoms with E-state index in [1.54, 1.807) is 0 Å². The lowest BCUT2D eigenvalue weighted by molar-refractivity contribution is 0.572. The molecule has 0 aromatic heterocycles. The van der Waals surface area contributed by atoms with Gasteiger partial charge in [0.1, 0.15) is 0 Å². The summed E-state index contributed by atoms with van der Waals surface area (Å²) in [7, 11) is 1.42. The summed E-state index contributed by atoms with van der Waals surface area (Å²) in [5.74, 6) is 0. The molecule has 0 spiro atoms. The first-order chi connectivity index (χ1) is 3.91. The third-order valence-corrected chi connectivity index (χ3v) is 2.34. The Morgan fingerprint density at radius 2 is 2.00 bits per heavy atom. The molecule has 1 N–H and O–H groups in total. The summed E-state index contributed by atoms with van der Waals surface area (Å²) in [6.07, 6.45) is 1.78. The lowest BCUT2D eigenvalue weighted by Crippen LogP contribution is -2.30. The van der Waals surface area contributed by atoms with Crippen molar-refractivity contribution in [2.75, 3.05) is 0 Å². The molecule has 1 saturated carbocycles. The zero-order valence-corrected chi connectivity index (χ0v) is 6.59. The van der Waals surface area contributed by atoms with Crippen molar-refractivity contribution in [3.05, 3.63) is 0 Å². The average molecular weight is 170 g/mol. The molecule has 0 aromatic rings. The minimum absolute atomic E-state index is 0.236. The van der Waals surface area contributed by atoms with Crippen molar-refractivity contribution >= 4 is 19.9 Å². The highest BCUT2D eigenvalue weighted by Crippen LogP contribution is 2.35. The van der Waals surface area contributed by atoms with Gasteiger partial charge in [-0.05, 0) is 19.8 Å². The zero-order valence-electron chi connectivity index (χ0n) is 5.02. The summed E-state index contributed by atoms with van der Waals surface area (Å²) in [6, 6.07) is 0. The molecule has 1 rings (SSSR count). The fraction of sp³-hybridized carbons (Fsp3) is 1.00. The van der Waals surface area contributed by atoms with Crippen LogP contribution < -0.4 is 4.72 Å². The van der Waals surface area contributed by atoms with Crippen molar-refractivity contribution in [2.24, 2.45) is 0 Å². The maximum atomic E-state index is 10.3. The summed E-state index contributed by atoms with van der Waals surface area (Å²) >= 11 is 0. The molecule has 0 amide bonds. The van der Waals surface area contributed by atoms with Crippen LogP contribution in [0.15, 0.2) is 0 Å². The van der Waals surface area contributed by atoms with E-state index in [-0.39, 0.29) is 5.54 Å². The molecule has 0 aliphatic heterocycles. The predicted molar refractivity (Wildman–Crippen MR) is 35.5 cm³/mol. The van der Waals surface area contributed by atoms with E-state index < -0.39 is 9.24 Å². The van der Waals surface area contributed by atoms with Crippen molar-refractivity contribution in [1.82, 2.24) is 4.72 Å². The van der Waals surface area contributed by atoms with Gasteiger partial charge in [0, 0.05) is 16.2 Å². The predicted octanol–water partition coefficient (Wildman–Crippen LogP) is 0.612. The average Bonchev–Trinajstić information content (AvgIpc) is 2.12. The van der Waals surface area contributed by atoms with Crippen molar-refractivity contribution in [3.63, 3.8) is 0 Å². The van der Waals surface area contributed by atoms with Crippen LogP contribution in [-0.4, -0.2) is 14.0 Å². The number of rotatable bonds is 2. The highest BCUT2D eigenvalue weighted by Gasteiger charge is 2.40. The summed E-state index contributed by atoms with van der Waals surface area (Å²) in [5, 5.41) is 0. The van der Waals surface area contributed by atoms with Gasteiger partial charge in [-0.2, -0.15) is 13.1 Å². The molecule has 0 saturated heterocycles. The van der Waals surface area contributed by atoms with Gasteiger partial charge in [0.05, 0.1) is 0 Å². The Morgan fingerprint density at radius 3 is 2.11 bits per heavy atom. The molecule has 0 unspecified atom stereocenters. The number of halogens is 1. The standard InChI is InChI=1S/C4H8ClNO2S/c1-4(2-3-4)6-9(5,7)8/h6H,2-3H2,1H3. The van der Waals surface area contributed by atoms with Crippen molar-refractivity contribution in [1.29, 1.82) is 0 Å². The quantitative estimate of drug-likeness (QED) is 0.616. The fourth-order valence-electron chi connectivity index (χ4n) is 0.584. The summed E-state index contributed by atoms with van der Waals surface area (Å²) < 4.78 is 23.0. The molecule has 3 nitrogen and oxygen atoms in total. The first-order valence-corrected chi connectivity index (χ1v) is 4.96. The van der Waals surface area contributed by atoms with Crippen LogP contribution in [0.25, 0.3) is 0 Å². The molecule has 0 heterocycles. The van der Waals surface area contributed by atoms with Crippen LogP contribution in [0.3, 0.4) is 0 Å². The Labute approximate surface area is 58.9 Å². The Balaban J connectivity index is 2.53. The van der Waals surface area contributed by atoms with Crippen LogP contribution in [-0.2, 0) is 9.24 Å². The van der Waals surface area contributed by atoms with Crippen molar-refractivity contribution in [2.45, 2.75) is 25.3 Å². The van der Waals surface area contributed by atoms with Gasteiger partial charge in [0.25, 0.3) is 9.24 Å². The van der Waals surface area contributed by atoms with Crippen LogP contribution in [0.2, 0.25) is 0 Å². The molecule has 9 heavy (non-hydrogen) atoms. The first-order valence-electron chi connectivity index (χ1n) is 2.65. The third-order valence-electron chi connectivity index (χ3n) is 1.37. The van der Waals surface area contributed by atoms with E-state index >= 15 is 0 Å². The monoisotopic (exact) mass is 169 g/mol. The Hall–Kier alpha value is 0.200. The highest BCUT2D eigenvalue weighted by atomic mass is 35.7. The second-order valence-electron chi connectivity index (χ2n) is 2.60. The molecule has 0 bridgehead atoms. The number of hydrogen-bond donors (Lipinski definition) is 1. The Bertz CT molecular complexity index is 207. The molecule has 54 valence electrons. The minimum Gasteiger partial charge on any atom is -0.196 e. The normalized spacial score (nSPS) is 23.8. The fourth-order valence-corrected chi connectivity index (χ4v) is 1.94. The molecule has 1 aliphatic carbocycles. The number of nitrogens with one attached hydrogen (secondary N) is 1. The molecule has 0 radical (unpaired) electrons. The van der Waals surface area contributed by atoms with Crippen LogP contribution >= 0.6 is 10.7 Å². The molecular weight excluding hydrogens is 162 g/mol. The number of hydrogen-bond acceptors (Lipinski definition) is 2. The van der Waals surface area contributed by atoms with E-state index in [0.29, 0.717) is 0 Å². The van der Waals surface area contributed by atoms with Gasteiger partial charge in [-0.25, -0.2) is 0 Å². The topological polar surface area (TPSA) is 46.2 Å². The lowest BCUT2D eigenvalue weighted by Gasteiger charge is -2.04. The van der Waals surface area contributed by atoms with Gasteiger partial charge in [-0.15, -0.1) is 0 Å². The third kappa shape index (κ3) is 2.51. The molecule has 1 aliphatic rings. The largest absolute Gasteiger partial charge is 0.297 e. The summed E-state index contributed by atoms with van der Waals surface area (Å²) in [5.41, 5.74) is -0.236. The second-order valence-corrected chi connectivity index (χ2v) is 4.90. The van der Waals surface area contributed by atoms with Crippen molar-refractivity contribution in [3.8, 4) is 0 Å². The minimum atomic E-state index is -3.50. The summed E-state index contributed by atoms with van der Waals surface area (Å²) in [6.45, 7) is 1.83. The van der Waals surface area contributed by atoms with Gasteiger partial charge in [-0.1, -0.05) is 0 Å². The van der Waals surface area contributed by atoms with Crippen molar-refractivity contribution < 1.29 is 8.42 Å². The highest BCUT2D eigenvalue weighted by molar-refractivity contribution is 8.12. The van der Waals surface area contributed by atoms with Gasteiger partial charge in [-0.3, -0.25) is 0 Å². The van der Waals surface area contributed by atoms with Crippen LogP contribution in [0.1, 0.15) is 19.8 Å². The molecular formula is C4H8ClNO2S. The van der Waals surface area contributed by atoms with Crippen LogP contribution in [0, 0.1) is 0 Å². The molecule has 0 atom stereocenters. The first kappa shape index (κ1) is 7.31. The van der Waals surface area contributed by atoms with Crippen LogP contribution in [0.5, 0.6) is 0 Å². The second kappa shape index (κ2) is 1.84. The van der Waals surface area contributed by atoms with Gasteiger partial charge in [0.15, 0.2) is 0 Å². The molecule has 0 aromatic carbocycles. The maximum Gasteiger partial charge on any atom is 0.297 e. The molecule has 1 fully saturated rings. The van der Waals surface area contributed by atoms with Gasteiger partial charge in [0.2, 0.25) is 0 Å². The van der Waals surface area contributed by atoms with E-state index in [2.05, 4.69) is 4.72 Å². The van der Waals surface area contributed by atoms with Crippen LogP contribution in [0.4, 0.5) is 0 Å². The smallest absolute Gasteiger partial charge is 0.196 e.